The lowest BCUT2D eigenvalue weighted by Crippen LogP contribution is -2.52. The van der Waals surface area contributed by atoms with Crippen LogP contribution in [0.3, 0.4) is 0 Å². The van der Waals surface area contributed by atoms with Gasteiger partial charge in [0.15, 0.2) is 6.23 Å². The van der Waals surface area contributed by atoms with E-state index in [1.807, 2.05) is 4.90 Å². The number of carbonyl (C=O) groups is 1. The first-order chi connectivity index (χ1) is 7.87. The first-order valence-corrected chi connectivity index (χ1v) is 6.63. The fraction of sp³-hybridized carbons (Fsp3) is 0.625. The molecule has 1 rings (SSSR count). The van der Waals surface area contributed by atoms with Gasteiger partial charge in [-0.15, -0.1) is 0 Å². The van der Waals surface area contributed by atoms with Crippen LogP contribution in [0, 0.1) is 0 Å². The van der Waals surface area contributed by atoms with Crippen molar-refractivity contribution >= 4 is 13.8 Å². The highest BCUT2D eigenvalue weighted by molar-refractivity contribution is 7.55. The van der Waals surface area contributed by atoms with Gasteiger partial charge < -0.3 is 19.6 Å². The van der Waals surface area contributed by atoms with E-state index in [2.05, 4.69) is 10.1 Å². The van der Waals surface area contributed by atoms with Crippen molar-refractivity contribution in [3.8, 4) is 0 Å². The molecule has 0 spiro atoms. The van der Waals surface area contributed by atoms with Crippen molar-refractivity contribution in [3.05, 3.63) is 11.9 Å². The lowest BCUT2D eigenvalue weighted by atomic mass is 10.3. The molecule has 1 aliphatic heterocycles. The van der Waals surface area contributed by atoms with Crippen molar-refractivity contribution in [1.29, 1.82) is 0 Å². The minimum Gasteiger partial charge on any atom is -0.450 e. The van der Waals surface area contributed by atoms with E-state index in [0.717, 1.165) is 5.82 Å². The third-order valence-electron chi connectivity index (χ3n) is 2.13. The number of ether oxygens (including phenoxy) is 1. The third-order valence-corrected chi connectivity index (χ3v) is 2.73. The van der Waals surface area contributed by atoms with E-state index in [0.29, 0.717) is 26.2 Å². The van der Waals surface area contributed by atoms with Crippen LogP contribution in [0.4, 0.5) is 4.79 Å². The average Bonchev–Trinajstić information content (AvgIpc) is 2.15. The van der Waals surface area contributed by atoms with Gasteiger partial charge in [-0.1, -0.05) is 6.08 Å². The maximum atomic E-state index is 10.6. The zero-order valence-electron chi connectivity index (χ0n) is 9.02. The predicted octanol–water partition coefficient (Wildman–Crippen LogP) is -0.396. The molecule has 1 atom stereocenters. The quantitative estimate of drug-likeness (QED) is 0.401. The largest absolute Gasteiger partial charge is 0.507 e. The molecular formula is C8H15N2O6P. The summed E-state index contributed by atoms with van der Waals surface area (Å²) in [7, 11) is -4.12. The van der Waals surface area contributed by atoms with Crippen molar-refractivity contribution in [2.24, 2.45) is 0 Å². The van der Waals surface area contributed by atoms with Gasteiger partial charge in [0.25, 0.3) is 0 Å². The van der Waals surface area contributed by atoms with E-state index in [1.165, 1.54) is 6.08 Å². The van der Waals surface area contributed by atoms with Gasteiger partial charge in [0, 0.05) is 32.0 Å². The number of piperazine rings is 1. The number of nitrogens with one attached hydrogen (secondary N) is 1. The van der Waals surface area contributed by atoms with Crippen LogP contribution in [0.5, 0.6) is 0 Å². The minimum atomic E-state index is -4.12. The Kier molecular flexibility index (Phi) is 5.10. The van der Waals surface area contributed by atoms with Gasteiger partial charge in [-0.25, -0.2) is 4.79 Å². The summed E-state index contributed by atoms with van der Waals surface area (Å²) in [6.07, 6.45) is -0.593. The molecule has 8 nitrogen and oxygen atoms in total. The molecule has 0 bridgehead atoms. The summed E-state index contributed by atoms with van der Waals surface area (Å²) < 4.78 is 15.1. The molecule has 98 valence electrons. The normalized spacial score (nSPS) is 22.8. The smallest absolute Gasteiger partial charge is 0.450 e. The van der Waals surface area contributed by atoms with Crippen molar-refractivity contribution in [2.45, 2.75) is 6.23 Å². The van der Waals surface area contributed by atoms with Gasteiger partial charge in [0.05, 0.1) is 0 Å². The van der Waals surface area contributed by atoms with E-state index >= 15 is 0 Å². The van der Waals surface area contributed by atoms with Crippen LogP contribution in [-0.4, -0.2) is 58.4 Å². The third kappa shape index (κ3) is 6.40. The maximum absolute atomic E-state index is 10.6. The van der Waals surface area contributed by atoms with Crippen LogP contribution in [0.2, 0.25) is 0 Å². The van der Waals surface area contributed by atoms with Crippen LogP contribution >= 0.6 is 7.60 Å². The molecule has 1 fully saturated rings. The van der Waals surface area contributed by atoms with Crippen LogP contribution in [0.15, 0.2) is 11.9 Å². The SMILES string of the molecule is O=C(O)OC1CN(C/C=C/P(=O)(O)O)CCN1. The van der Waals surface area contributed by atoms with Gasteiger partial charge in [-0.3, -0.25) is 14.8 Å². The highest BCUT2D eigenvalue weighted by atomic mass is 31.2. The summed E-state index contributed by atoms with van der Waals surface area (Å²) in [6.45, 7) is 1.90. The number of hydrogen-bond donors (Lipinski definition) is 4. The maximum Gasteiger partial charge on any atom is 0.507 e. The summed E-state index contributed by atoms with van der Waals surface area (Å²) in [6, 6.07) is 0. The van der Waals surface area contributed by atoms with Crippen LogP contribution in [0.1, 0.15) is 0 Å². The standard InChI is InChI=1S/C8H15N2O6P/c11-8(12)16-7-6-10(4-2-9-7)3-1-5-17(13,14)15/h1,5,7,9H,2-4,6H2,(H,11,12)(H2,13,14,15)/b5-1+. The molecule has 1 unspecified atom stereocenters. The zero-order valence-corrected chi connectivity index (χ0v) is 9.92. The Morgan fingerprint density at radius 3 is 2.88 bits per heavy atom. The van der Waals surface area contributed by atoms with E-state index < -0.39 is 20.0 Å². The average molecular weight is 266 g/mol. The van der Waals surface area contributed by atoms with Crippen LogP contribution < -0.4 is 5.32 Å². The molecule has 0 aromatic heterocycles. The Labute approximate surface area is 98.0 Å². The van der Waals surface area contributed by atoms with Gasteiger partial charge in [0.2, 0.25) is 0 Å². The Bertz CT molecular complexity index is 341. The molecule has 4 N–H and O–H groups in total. The van der Waals surface area contributed by atoms with E-state index in [9.17, 15) is 9.36 Å². The molecule has 0 radical (unpaired) electrons. The van der Waals surface area contributed by atoms with Gasteiger partial charge in [-0.2, -0.15) is 0 Å². The fourth-order valence-electron chi connectivity index (χ4n) is 1.47. The molecule has 9 heteroatoms. The molecular weight excluding hydrogens is 251 g/mol. The first-order valence-electron chi connectivity index (χ1n) is 4.95. The Morgan fingerprint density at radius 1 is 1.59 bits per heavy atom. The predicted molar refractivity (Wildman–Crippen MR) is 58.5 cm³/mol. The van der Waals surface area contributed by atoms with Crippen LogP contribution in [0.25, 0.3) is 0 Å². The summed E-state index contributed by atoms with van der Waals surface area (Å²) in [5.41, 5.74) is 0. The second-order valence-corrected chi connectivity index (χ2v) is 5.04. The van der Waals surface area contributed by atoms with Gasteiger partial charge in [0.1, 0.15) is 0 Å². The molecule has 1 saturated heterocycles. The summed E-state index contributed by atoms with van der Waals surface area (Å²) in [4.78, 5) is 29.4. The topological polar surface area (TPSA) is 119 Å². The van der Waals surface area contributed by atoms with Crippen molar-refractivity contribution in [2.75, 3.05) is 26.2 Å². The highest BCUT2D eigenvalue weighted by Crippen LogP contribution is 2.35. The highest BCUT2D eigenvalue weighted by Gasteiger charge is 2.21. The summed E-state index contributed by atoms with van der Waals surface area (Å²) >= 11 is 0. The number of nitrogens with zero attached hydrogens (tertiary/aromatic N) is 1. The fourth-order valence-corrected chi connectivity index (χ4v) is 1.84. The van der Waals surface area contributed by atoms with E-state index in [4.69, 9.17) is 14.9 Å². The van der Waals surface area contributed by atoms with Crippen molar-refractivity contribution in [1.82, 2.24) is 10.2 Å². The molecule has 0 aliphatic carbocycles. The van der Waals surface area contributed by atoms with Gasteiger partial charge in [-0.05, 0) is 0 Å². The first kappa shape index (κ1) is 14.1. The molecule has 17 heavy (non-hydrogen) atoms. The second kappa shape index (κ2) is 6.13. The van der Waals surface area contributed by atoms with Crippen LogP contribution in [-0.2, 0) is 9.30 Å². The Balaban J connectivity index is 2.37. The molecule has 0 saturated carbocycles. The van der Waals surface area contributed by atoms with E-state index in [1.54, 1.807) is 0 Å². The Morgan fingerprint density at radius 2 is 2.29 bits per heavy atom. The molecule has 0 aromatic rings. The minimum absolute atomic E-state index is 0.340. The Hall–Kier alpha value is -0.920. The zero-order chi connectivity index (χ0) is 12.9. The number of rotatable bonds is 4. The lowest BCUT2D eigenvalue weighted by Gasteiger charge is -2.31. The van der Waals surface area contributed by atoms with E-state index in [-0.39, 0.29) is 0 Å². The summed E-state index contributed by atoms with van der Waals surface area (Å²) in [5, 5.41) is 11.3. The monoisotopic (exact) mass is 266 g/mol. The molecule has 1 heterocycles. The lowest BCUT2D eigenvalue weighted by molar-refractivity contribution is 0.00498. The molecule has 1 aliphatic rings. The number of carboxylic acid groups (broad SMARTS) is 1. The molecule has 0 aromatic carbocycles. The second-order valence-electron chi connectivity index (χ2n) is 3.56. The van der Waals surface area contributed by atoms with Crippen molar-refractivity contribution in [3.63, 3.8) is 0 Å². The van der Waals surface area contributed by atoms with Crippen molar-refractivity contribution < 1.29 is 29.0 Å². The molecule has 0 amide bonds. The van der Waals surface area contributed by atoms with Gasteiger partial charge >= 0.3 is 13.8 Å². The number of hydrogen-bond acceptors (Lipinski definition) is 5. The summed E-state index contributed by atoms with van der Waals surface area (Å²) in [5.74, 6) is 0.835.